The highest BCUT2D eigenvalue weighted by Crippen LogP contribution is 2.32. The number of cyclic esters (lactones) is 1. The number of esters is 1. The molecule has 1 aliphatic heterocycles. The second-order valence-corrected chi connectivity index (χ2v) is 15.9. The van der Waals surface area contributed by atoms with Crippen molar-refractivity contribution >= 4 is 5.97 Å². The molecule has 0 N–H and O–H groups in total. The summed E-state index contributed by atoms with van der Waals surface area (Å²) in [6.45, 7) is 4.58. The first-order valence-electron chi connectivity index (χ1n) is 23.0. The Bertz CT molecular complexity index is 792. The van der Waals surface area contributed by atoms with Gasteiger partial charge in [-0.15, -0.1) is 0 Å². The van der Waals surface area contributed by atoms with Crippen LogP contribution in [0.25, 0.3) is 0 Å². The van der Waals surface area contributed by atoms with E-state index in [1.165, 1.54) is 231 Å². The summed E-state index contributed by atoms with van der Waals surface area (Å²) < 4.78 is 5.40. The lowest BCUT2D eigenvalue weighted by molar-refractivity contribution is -0.157. The smallest absolute Gasteiger partial charge is 0.321 e. The number of allylic oxidation sites excluding steroid dienone is 5. The van der Waals surface area contributed by atoms with Crippen molar-refractivity contribution < 1.29 is 9.53 Å². The van der Waals surface area contributed by atoms with Gasteiger partial charge in [0.25, 0.3) is 0 Å². The molecule has 0 amide bonds. The van der Waals surface area contributed by atoms with Crippen molar-refractivity contribution in [3.63, 3.8) is 0 Å². The van der Waals surface area contributed by atoms with Gasteiger partial charge in [-0.3, -0.25) is 4.79 Å². The first-order valence-corrected chi connectivity index (χ1v) is 23.0. The predicted octanol–water partition coefficient (Wildman–Crippen LogP) is 17.0. The van der Waals surface area contributed by atoms with Gasteiger partial charge in [0.15, 0.2) is 0 Å². The molecule has 0 aromatic rings. The van der Waals surface area contributed by atoms with Gasteiger partial charge in [0.2, 0.25) is 0 Å². The molecule has 1 aliphatic rings. The maximum absolute atomic E-state index is 12.0. The number of rotatable bonds is 40. The zero-order valence-corrected chi connectivity index (χ0v) is 34.2. The summed E-state index contributed by atoms with van der Waals surface area (Å²) >= 11 is 0. The third kappa shape index (κ3) is 31.4. The summed E-state index contributed by atoms with van der Waals surface area (Å²) in [6, 6.07) is 0. The van der Waals surface area contributed by atoms with Gasteiger partial charge in [-0.25, -0.2) is 0 Å². The van der Waals surface area contributed by atoms with Gasteiger partial charge < -0.3 is 4.74 Å². The van der Waals surface area contributed by atoms with Crippen molar-refractivity contribution in [2.45, 2.75) is 258 Å². The minimum atomic E-state index is 0.0181. The molecule has 2 nitrogen and oxygen atoms in total. The Kier molecular flexibility index (Phi) is 36.4. The van der Waals surface area contributed by atoms with Gasteiger partial charge in [0.05, 0.1) is 0 Å². The lowest BCUT2D eigenvalue weighted by Gasteiger charge is -2.28. The Morgan fingerprint density at radius 3 is 0.980 bits per heavy atom. The highest BCUT2D eigenvalue weighted by molar-refractivity contribution is 5.82. The van der Waals surface area contributed by atoms with E-state index in [0.29, 0.717) is 0 Å². The van der Waals surface area contributed by atoms with Gasteiger partial charge in [-0.1, -0.05) is 212 Å². The molecular weight excluding hydrogens is 609 g/mol. The molecule has 2 heteroatoms. The molecule has 0 saturated carbocycles. The molecule has 1 rings (SSSR count). The summed E-state index contributed by atoms with van der Waals surface area (Å²) in [4.78, 5) is 12.0. The second kappa shape index (κ2) is 38.9. The Morgan fingerprint density at radius 1 is 0.380 bits per heavy atom. The number of ether oxygens (including phenoxy) is 1. The first-order chi connectivity index (χ1) is 24.8. The molecule has 1 fully saturated rings. The van der Waals surface area contributed by atoms with Crippen LogP contribution in [-0.4, -0.2) is 5.97 Å². The molecule has 0 radical (unpaired) electrons. The molecular formula is C48H88O2. The molecule has 0 aliphatic carbocycles. The summed E-state index contributed by atoms with van der Waals surface area (Å²) in [7, 11) is 0. The Morgan fingerprint density at radius 2 is 0.660 bits per heavy atom. The number of unbranched alkanes of at least 4 members (excludes halogenated alkanes) is 33. The van der Waals surface area contributed by atoms with Crippen LogP contribution in [0, 0.1) is 5.92 Å². The predicted molar refractivity (Wildman–Crippen MR) is 223 cm³/mol. The molecule has 292 valence electrons. The largest absolute Gasteiger partial charge is 0.430 e. The normalized spacial score (nSPS) is 15.5. The maximum atomic E-state index is 12.0. The van der Waals surface area contributed by atoms with Crippen molar-refractivity contribution in [2.75, 3.05) is 0 Å². The van der Waals surface area contributed by atoms with E-state index >= 15 is 0 Å². The summed E-state index contributed by atoms with van der Waals surface area (Å²) in [5.41, 5.74) is 0. The standard InChI is InChI=1S/C48H88O2/c1-3-5-7-9-11-13-15-17-19-21-23-25-27-29-31-33-35-37-39-41-43-45-47-46(48(49)50-47)44-42-40-38-36-34-32-30-28-26-24-22-20-18-16-14-12-10-8-6-4-2/h17-20,45-46H,3-16,21-44H2,1-2H3/b19-17+,20-18+,47-45+. The van der Waals surface area contributed by atoms with Gasteiger partial charge in [-0.2, -0.15) is 0 Å². The third-order valence-corrected chi connectivity index (χ3v) is 10.9. The molecule has 50 heavy (non-hydrogen) atoms. The van der Waals surface area contributed by atoms with Crippen molar-refractivity contribution in [1.82, 2.24) is 0 Å². The van der Waals surface area contributed by atoms with Crippen LogP contribution in [-0.2, 0) is 9.53 Å². The maximum Gasteiger partial charge on any atom is 0.321 e. The van der Waals surface area contributed by atoms with Crippen molar-refractivity contribution in [2.24, 2.45) is 5.92 Å². The van der Waals surface area contributed by atoms with E-state index in [4.69, 9.17) is 4.74 Å². The van der Waals surface area contributed by atoms with Gasteiger partial charge >= 0.3 is 5.97 Å². The molecule has 1 unspecified atom stereocenters. The second-order valence-electron chi connectivity index (χ2n) is 15.9. The number of carbonyl (C=O) groups is 1. The molecule has 1 saturated heterocycles. The lowest BCUT2D eigenvalue weighted by Crippen LogP contribution is -2.32. The van der Waals surface area contributed by atoms with E-state index in [0.717, 1.165) is 18.6 Å². The van der Waals surface area contributed by atoms with E-state index in [-0.39, 0.29) is 11.9 Å². The van der Waals surface area contributed by atoms with Crippen LogP contribution in [0.2, 0.25) is 0 Å². The zero-order valence-electron chi connectivity index (χ0n) is 34.2. The fraction of sp³-hybridized carbons (Fsp3) is 0.854. The van der Waals surface area contributed by atoms with Crippen molar-refractivity contribution in [3.05, 3.63) is 36.1 Å². The van der Waals surface area contributed by atoms with Gasteiger partial charge in [0.1, 0.15) is 11.7 Å². The average Bonchev–Trinajstić information content (AvgIpc) is 3.12. The van der Waals surface area contributed by atoms with E-state index in [1.54, 1.807) is 0 Å². The van der Waals surface area contributed by atoms with E-state index in [9.17, 15) is 4.79 Å². The monoisotopic (exact) mass is 697 g/mol. The van der Waals surface area contributed by atoms with Crippen LogP contribution in [0.5, 0.6) is 0 Å². The van der Waals surface area contributed by atoms with E-state index < -0.39 is 0 Å². The minimum absolute atomic E-state index is 0.0181. The van der Waals surface area contributed by atoms with Crippen LogP contribution in [0.15, 0.2) is 36.1 Å². The Hall–Kier alpha value is -1.31. The van der Waals surface area contributed by atoms with Crippen molar-refractivity contribution in [3.8, 4) is 0 Å². The SMILES string of the molecule is CCCCCCCC/C=C/CCCCCCCCCCCC/C=C1/OC(=O)C1CCCCCCCCCCCC/C=C/CCCCCCCC. The summed E-state index contributed by atoms with van der Waals surface area (Å²) in [6.07, 6.45) is 63.1. The fourth-order valence-electron chi connectivity index (χ4n) is 7.41. The highest BCUT2D eigenvalue weighted by atomic mass is 16.6. The number of carbonyl (C=O) groups excluding carboxylic acids is 1. The van der Waals surface area contributed by atoms with Crippen molar-refractivity contribution in [1.29, 1.82) is 0 Å². The Balaban J connectivity index is 1.81. The van der Waals surface area contributed by atoms with Crippen LogP contribution in [0.1, 0.15) is 258 Å². The molecule has 0 bridgehead atoms. The van der Waals surface area contributed by atoms with E-state index in [1.807, 2.05) is 0 Å². The quantitative estimate of drug-likeness (QED) is 0.0362. The van der Waals surface area contributed by atoms with Crippen LogP contribution in [0.4, 0.5) is 0 Å². The number of hydrogen-bond acceptors (Lipinski definition) is 2. The Labute approximate surface area is 314 Å². The highest BCUT2D eigenvalue weighted by Gasteiger charge is 2.36. The molecule has 0 aromatic heterocycles. The van der Waals surface area contributed by atoms with Gasteiger partial charge in [0, 0.05) is 0 Å². The molecule has 0 aromatic carbocycles. The summed E-state index contributed by atoms with van der Waals surface area (Å²) in [5.74, 6) is 1.07. The molecule has 1 atom stereocenters. The molecule has 1 heterocycles. The first kappa shape index (κ1) is 46.7. The number of hydrogen-bond donors (Lipinski definition) is 0. The third-order valence-electron chi connectivity index (χ3n) is 10.9. The summed E-state index contributed by atoms with van der Waals surface area (Å²) in [5, 5.41) is 0. The minimum Gasteiger partial charge on any atom is -0.430 e. The van der Waals surface area contributed by atoms with Gasteiger partial charge in [-0.05, 0) is 76.7 Å². The topological polar surface area (TPSA) is 26.3 Å². The molecule has 0 spiro atoms. The van der Waals surface area contributed by atoms with Crippen LogP contribution >= 0.6 is 0 Å². The van der Waals surface area contributed by atoms with Crippen LogP contribution in [0.3, 0.4) is 0 Å². The van der Waals surface area contributed by atoms with Crippen LogP contribution < -0.4 is 0 Å². The fourth-order valence-corrected chi connectivity index (χ4v) is 7.41. The van der Waals surface area contributed by atoms with E-state index in [2.05, 4.69) is 44.2 Å². The lowest BCUT2D eigenvalue weighted by atomic mass is 9.93. The average molecular weight is 697 g/mol. The zero-order chi connectivity index (χ0) is 35.8.